The Bertz CT molecular complexity index is 589. The van der Waals surface area contributed by atoms with Gasteiger partial charge in [0.15, 0.2) is 0 Å². The molecule has 0 bridgehead atoms. The summed E-state index contributed by atoms with van der Waals surface area (Å²) in [6, 6.07) is 15.8. The molecular weight excluding hydrogens is 234 g/mol. The molecule has 0 fully saturated rings. The van der Waals surface area contributed by atoms with Crippen molar-refractivity contribution in [3.05, 3.63) is 70.8 Å². The number of amides is 1. The van der Waals surface area contributed by atoms with Crippen molar-refractivity contribution in [1.82, 2.24) is 5.32 Å². The normalized spacial score (nSPS) is 11.9. The average Bonchev–Trinajstić information content (AvgIpc) is 2.39. The van der Waals surface area contributed by atoms with Gasteiger partial charge in [0, 0.05) is 5.56 Å². The van der Waals surface area contributed by atoms with Crippen molar-refractivity contribution in [2.75, 3.05) is 0 Å². The second-order valence-corrected chi connectivity index (χ2v) is 4.92. The predicted molar refractivity (Wildman–Crippen MR) is 78.2 cm³/mol. The fourth-order valence-electron chi connectivity index (χ4n) is 2.22. The molecule has 19 heavy (non-hydrogen) atoms. The van der Waals surface area contributed by atoms with Crippen LogP contribution in [0.3, 0.4) is 0 Å². The molecule has 1 amide bonds. The third-order valence-corrected chi connectivity index (χ3v) is 3.28. The molecule has 0 radical (unpaired) electrons. The van der Waals surface area contributed by atoms with E-state index >= 15 is 0 Å². The summed E-state index contributed by atoms with van der Waals surface area (Å²) < 4.78 is 0. The van der Waals surface area contributed by atoms with Crippen LogP contribution in [-0.2, 0) is 0 Å². The molecule has 0 spiro atoms. The van der Waals surface area contributed by atoms with E-state index in [1.807, 2.05) is 50.2 Å². The highest BCUT2D eigenvalue weighted by Gasteiger charge is 2.12. The first-order chi connectivity index (χ1) is 9.08. The number of rotatable bonds is 3. The fourth-order valence-corrected chi connectivity index (χ4v) is 2.22. The lowest BCUT2D eigenvalue weighted by atomic mass is 10.0. The van der Waals surface area contributed by atoms with E-state index in [0.717, 1.165) is 11.1 Å². The van der Waals surface area contributed by atoms with Gasteiger partial charge in [0.05, 0.1) is 6.04 Å². The minimum Gasteiger partial charge on any atom is -0.346 e. The molecule has 98 valence electrons. The Morgan fingerprint density at radius 1 is 1.05 bits per heavy atom. The van der Waals surface area contributed by atoms with Crippen LogP contribution in [0.5, 0.6) is 0 Å². The van der Waals surface area contributed by atoms with Crippen molar-refractivity contribution in [2.24, 2.45) is 0 Å². The Balaban J connectivity index is 2.13. The number of aryl methyl sites for hydroxylation is 2. The summed E-state index contributed by atoms with van der Waals surface area (Å²) in [5.41, 5.74) is 4.15. The van der Waals surface area contributed by atoms with Crippen LogP contribution in [0.25, 0.3) is 0 Å². The second kappa shape index (κ2) is 5.70. The van der Waals surface area contributed by atoms with Gasteiger partial charge in [0.1, 0.15) is 0 Å². The topological polar surface area (TPSA) is 29.1 Å². The van der Waals surface area contributed by atoms with Crippen molar-refractivity contribution in [3.8, 4) is 0 Å². The summed E-state index contributed by atoms with van der Waals surface area (Å²) in [6.07, 6.45) is 0. The van der Waals surface area contributed by atoms with E-state index in [9.17, 15) is 4.79 Å². The molecule has 1 atom stereocenters. The van der Waals surface area contributed by atoms with Gasteiger partial charge in [-0.25, -0.2) is 0 Å². The first kappa shape index (κ1) is 13.3. The first-order valence-electron chi connectivity index (χ1n) is 6.51. The largest absolute Gasteiger partial charge is 0.346 e. The summed E-state index contributed by atoms with van der Waals surface area (Å²) >= 11 is 0. The van der Waals surface area contributed by atoms with Crippen LogP contribution in [0.2, 0.25) is 0 Å². The zero-order chi connectivity index (χ0) is 13.8. The van der Waals surface area contributed by atoms with Gasteiger partial charge in [0.2, 0.25) is 0 Å². The summed E-state index contributed by atoms with van der Waals surface area (Å²) in [5.74, 6) is -0.0283. The highest BCUT2D eigenvalue weighted by atomic mass is 16.1. The number of nitrogens with one attached hydrogen (secondary N) is 1. The molecule has 2 aromatic rings. The summed E-state index contributed by atoms with van der Waals surface area (Å²) in [7, 11) is 0. The van der Waals surface area contributed by atoms with Crippen molar-refractivity contribution in [1.29, 1.82) is 0 Å². The molecule has 2 heteroatoms. The zero-order valence-electron chi connectivity index (χ0n) is 11.6. The van der Waals surface area contributed by atoms with Crippen LogP contribution in [0.15, 0.2) is 48.5 Å². The fraction of sp³-hybridized carbons (Fsp3) is 0.235. The van der Waals surface area contributed by atoms with E-state index in [-0.39, 0.29) is 11.9 Å². The third-order valence-electron chi connectivity index (χ3n) is 3.28. The van der Waals surface area contributed by atoms with Gasteiger partial charge in [-0.3, -0.25) is 4.79 Å². The lowest BCUT2D eigenvalue weighted by Crippen LogP contribution is -2.27. The Morgan fingerprint density at radius 2 is 1.79 bits per heavy atom. The quantitative estimate of drug-likeness (QED) is 0.885. The van der Waals surface area contributed by atoms with Crippen molar-refractivity contribution in [3.63, 3.8) is 0 Å². The molecule has 0 heterocycles. The zero-order valence-corrected chi connectivity index (χ0v) is 11.6. The summed E-state index contributed by atoms with van der Waals surface area (Å²) in [4.78, 5) is 12.2. The maximum absolute atomic E-state index is 12.2. The molecule has 0 aliphatic heterocycles. The maximum atomic E-state index is 12.2. The van der Waals surface area contributed by atoms with E-state index < -0.39 is 0 Å². The molecule has 2 rings (SSSR count). The van der Waals surface area contributed by atoms with Gasteiger partial charge >= 0.3 is 0 Å². The molecule has 0 saturated carbocycles. The van der Waals surface area contributed by atoms with Gasteiger partial charge < -0.3 is 5.32 Å². The minimum absolute atomic E-state index is 0.00853. The molecule has 0 aliphatic carbocycles. The van der Waals surface area contributed by atoms with Gasteiger partial charge in [-0.05, 0) is 44.0 Å². The highest BCUT2D eigenvalue weighted by Crippen LogP contribution is 2.17. The third kappa shape index (κ3) is 3.22. The standard InChI is InChI=1S/C17H19NO/c1-12-7-6-9-15(11-12)17(19)18-14(3)16-10-5-4-8-13(16)2/h4-11,14H,1-3H3,(H,18,19). The number of carbonyl (C=O) groups is 1. The first-order valence-corrected chi connectivity index (χ1v) is 6.51. The highest BCUT2D eigenvalue weighted by molar-refractivity contribution is 5.94. The number of benzene rings is 2. The number of carbonyl (C=O) groups excluding carboxylic acids is 1. The smallest absolute Gasteiger partial charge is 0.251 e. The molecule has 1 N–H and O–H groups in total. The molecule has 0 saturated heterocycles. The summed E-state index contributed by atoms with van der Waals surface area (Å²) in [5, 5.41) is 3.04. The van der Waals surface area contributed by atoms with Crippen LogP contribution in [0.4, 0.5) is 0 Å². The van der Waals surface area contributed by atoms with Crippen LogP contribution in [0, 0.1) is 13.8 Å². The molecule has 0 aromatic heterocycles. The number of hydrogen-bond donors (Lipinski definition) is 1. The van der Waals surface area contributed by atoms with E-state index in [1.165, 1.54) is 5.56 Å². The second-order valence-electron chi connectivity index (χ2n) is 4.92. The van der Waals surface area contributed by atoms with E-state index in [2.05, 4.69) is 24.4 Å². The van der Waals surface area contributed by atoms with Crippen molar-refractivity contribution >= 4 is 5.91 Å². The molecule has 1 unspecified atom stereocenters. The minimum atomic E-state index is -0.0283. The SMILES string of the molecule is Cc1cccc(C(=O)NC(C)c2ccccc2C)c1. The van der Waals surface area contributed by atoms with E-state index in [0.29, 0.717) is 5.56 Å². The van der Waals surface area contributed by atoms with Crippen LogP contribution in [0.1, 0.15) is 40.0 Å². The van der Waals surface area contributed by atoms with Gasteiger partial charge in [-0.15, -0.1) is 0 Å². The summed E-state index contributed by atoms with van der Waals surface area (Å²) in [6.45, 7) is 6.06. The monoisotopic (exact) mass is 253 g/mol. The maximum Gasteiger partial charge on any atom is 0.251 e. The number of hydrogen-bond acceptors (Lipinski definition) is 1. The lowest BCUT2D eigenvalue weighted by Gasteiger charge is -2.16. The lowest BCUT2D eigenvalue weighted by molar-refractivity contribution is 0.0939. The molecule has 0 aliphatic rings. The van der Waals surface area contributed by atoms with Crippen LogP contribution < -0.4 is 5.32 Å². The van der Waals surface area contributed by atoms with Gasteiger partial charge in [0.25, 0.3) is 5.91 Å². The van der Waals surface area contributed by atoms with Crippen LogP contribution >= 0.6 is 0 Å². The molecule has 2 nitrogen and oxygen atoms in total. The Hall–Kier alpha value is -2.09. The molecule has 2 aromatic carbocycles. The Morgan fingerprint density at radius 3 is 2.47 bits per heavy atom. The van der Waals surface area contributed by atoms with Gasteiger partial charge in [-0.2, -0.15) is 0 Å². The Kier molecular flexibility index (Phi) is 4.00. The predicted octanol–water partition coefficient (Wildman–Crippen LogP) is 3.79. The molecular formula is C17H19NO. The van der Waals surface area contributed by atoms with Gasteiger partial charge in [-0.1, -0.05) is 42.0 Å². The van der Waals surface area contributed by atoms with E-state index in [1.54, 1.807) is 0 Å². The van der Waals surface area contributed by atoms with Crippen LogP contribution in [-0.4, -0.2) is 5.91 Å². The van der Waals surface area contributed by atoms with E-state index in [4.69, 9.17) is 0 Å². The van der Waals surface area contributed by atoms with Crippen molar-refractivity contribution < 1.29 is 4.79 Å². The Labute approximate surface area is 114 Å². The average molecular weight is 253 g/mol. The van der Waals surface area contributed by atoms with Crippen molar-refractivity contribution in [2.45, 2.75) is 26.8 Å².